The van der Waals surface area contributed by atoms with Crippen LogP contribution in [0.25, 0.3) is 0 Å². The number of urea groups is 1. The second-order valence-corrected chi connectivity index (χ2v) is 6.27. The van der Waals surface area contributed by atoms with Gasteiger partial charge in [-0.25, -0.2) is 14.5 Å². The Bertz CT molecular complexity index is 649. The van der Waals surface area contributed by atoms with Crippen molar-refractivity contribution < 1.29 is 4.79 Å². The van der Waals surface area contributed by atoms with Crippen LogP contribution >= 0.6 is 0 Å². The topological polar surface area (TPSA) is 75.1 Å². The van der Waals surface area contributed by atoms with E-state index >= 15 is 0 Å². The molecule has 0 bridgehead atoms. The summed E-state index contributed by atoms with van der Waals surface area (Å²) in [5.41, 5.74) is 2.22. The zero-order valence-corrected chi connectivity index (χ0v) is 14.0. The summed E-state index contributed by atoms with van der Waals surface area (Å²) in [6, 6.07) is 8.23. The van der Waals surface area contributed by atoms with Crippen LogP contribution < -0.4 is 10.6 Å². The maximum Gasteiger partial charge on any atom is 0.315 e. The number of amides is 2. The van der Waals surface area contributed by atoms with Gasteiger partial charge in [-0.15, -0.1) is 0 Å². The fourth-order valence-electron chi connectivity index (χ4n) is 2.94. The number of aromatic nitrogens is 3. The Balaban J connectivity index is 1.51. The van der Waals surface area contributed by atoms with Gasteiger partial charge in [0.05, 0.1) is 6.54 Å². The second-order valence-electron chi connectivity index (χ2n) is 6.27. The lowest BCUT2D eigenvalue weighted by molar-refractivity contribution is 0.213. The molecule has 1 aliphatic rings. The van der Waals surface area contributed by atoms with Crippen LogP contribution in [0.15, 0.2) is 36.9 Å². The molecule has 1 fully saturated rings. The molecular formula is C17H24N6O. The van der Waals surface area contributed by atoms with Gasteiger partial charge in [0, 0.05) is 12.6 Å². The first-order valence-electron chi connectivity index (χ1n) is 8.33. The number of benzene rings is 1. The molecule has 1 aromatic heterocycles. The molecule has 24 heavy (non-hydrogen) atoms. The molecule has 0 saturated carbocycles. The fourth-order valence-corrected chi connectivity index (χ4v) is 2.94. The molecule has 0 radical (unpaired) electrons. The van der Waals surface area contributed by atoms with Gasteiger partial charge in [-0.3, -0.25) is 0 Å². The molecule has 0 aliphatic carbocycles. The lowest BCUT2D eigenvalue weighted by atomic mass is 10.1. The van der Waals surface area contributed by atoms with Crippen molar-refractivity contribution in [2.75, 3.05) is 20.1 Å². The van der Waals surface area contributed by atoms with Gasteiger partial charge in [0.1, 0.15) is 12.7 Å². The number of hydrogen-bond donors (Lipinski definition) is 2. The van der Waals surface area contributed by atoms with Crippen molar-refractivity contribution in [3.63, 3.8) is 0 Å². The summed E-state index contributed by atoms with van der Waals surface area (Å²) >= 11 is 0. The summed E-state index contributed by atoms with van der Waals surface area (Å²) < 4.78 is 1.78. The summed E-state index contributed by atoms with van der Waals surface area (Å²) in [5.74, 6) is 0. The molecule has 2 heterocycles. The number of rotatable bonds is 5. The van der Waals surface area contributed by atoms with Crippen molar-refractivity contribution in [3.8, 4) is 0 Å². The largest absolute Gasteiger partial charge is 0.335 e. The second kappa shape index (κ2) is 7.92. The van der Waals surface area contributed by atoms with Crippen LogP contribution in [0.3, 0.4) is 0 Å². The number of carbonyl (C=O) groups is 1. The molecule has 7 nitrogen and oxygen atoms in total. The molecular weight excluding hydrogens is 304 g/mol. The van der Waals surface area contributed by atoms with Crippen LogP contribution in [0.2, 0.25) is 0 Å². The molecule has 2 amide bonds. The first kappa shape index (κ1) is 16.4. The van der Waals surface area contributed by atoms with E-state index in [2.05, 4.69) is 32.7 Å². The lowest BCUT2D eigenvalue weighted by Crippen LogP contribution is -2.46. The van der Waals surface area contributed by atoms with Crippen LogP contribution in [0.1, 0.15) is 24.0 Å². The maximum atomic E-state index is 12.1. The Kier molecular flexibility index (Phi) is 5.43. The number of likely N-dealkylation sites (tertiary alicyclic amines) is 1. The molecule has 1 aliphatic heterocycles. The van der Waals surface area contributed by atoms with Gasteiger partial charge in [-0.2, -0.15) is 5.10 Å². The minimum atomic E-state index is -0.0971. The van der Waals surface area contributed by atoms with Crippen LogP contribution in [0.4, 0.5) is 4.79 Å². The maximum absolute atomic E-state index is 12.1. The molecule has 0 unspecified atom stereocenters. The summed E-state index contributed by atoms with van der Waals surface area (Å²) in [7, 11) is 2.11. The first-order chi connectivity index (χ1) is 11.7. The van der Waals surface area contributed by atoms with Crippen molar-refractivity contribution in [3.05, 3.63) is 48.0 Å². The molecule has 7 heteroatoms. The van der Waals surface area contributed by atoms with Crippen molar-refractivity contribution in [1.82, 2.24) is 30.3 Å². The smallest absolute Gasteiger partial charge is 0.315 e. The van der Waals surface area contributed by atoms with E-state index in [4.69, 9.17) is 0 Å². The van der Waals surface area contributed by atoms with E-state index in [0.29, 0.717) is 13.1 Å². The highest BCUT2D eigenvalue weighted by Crippen LogP contribution is 2.11. The summed E-state index contributed by atoms with van der Waals surface area (Å²) in [6.07, 6.45) is 5.23. The third kappa shape index (κ3) is 4.55. The zero-order chi connectivity index (χ0) is 16.8. The van der Waals surface area contributed by atoms with Crippen LogP contribution in [0.5, 0.6) is 0 Å². The van der Waals surface area contributed by atoms with Crippen molar-refractivity contribution >= 4 is 6.03 Å². The van der Waals surface area contributed by atoms with Gasteiger partial charge >= 0.3 is 6.03 Å². The first-order valence-corrected chi connectivity index (χ1v) is 8.33. The highest BCUT2D eigenvalue weighted by Gasteiger charge is 2.18. The predicted octanol–water partition coefficient (Wildman–Crippen LogP) is 1.22. The number of nitrogens with zero attached hydrogens (tertiary/aromatic N) is 4. The molecule has 1 saturated heterocycles. The third-order valence-corrected chi connectivity index (χ3v) is 4.41. The summed E-state index contributed by atoms with van der Waals surface area (Å²) in [5, 5.41) is 10.2. The fraction of sp³-hybridized carbons (Fsp3) is 0.471. The SMILES string of the molecule is CN1CCC(NC(=O)NCc2ccccc2Cn2cncn2)CC1. The van der Waals surface area contributed by atoms with Gasteiger partial charge in [0.15, 0.2) is 0 Å². The Hall–Kier alpha value is -2.41. The van der Waals surface area contributed by atoms with E-state index in [1.54, 1.807) is 11.0 Å². The quantitative estimate of drug-likeness (QED) is 0.865. The summed E-state index contributed by atoms with van der Waals surface area (Å²) in [4.78, 5) is 18.4. The van der Waals surface area contributed by atoms with Crippen molar-refractivity contribution in [2.45, 2.75) is 32.0 Å². The molecule has 0 atom stereocenters. The monoisotopic (exact) mass is 328 g/mol. The van der Waals surface area contributed by atoms with Gasteiger partial charge in [-0.1, -0.05) is 24.3 Å². The number of carbonyl (C=O) groups excluding carboxylic acids is 1. The average molecular weight is 328 g/mol. The summed E-state index contributed by atoms with van der Waals surface area (Å²) in [6.45, 7) is 3.22. The van der Waals surface area contributed by atoms with Gasteiger partial charge in [0.25, 0.3) is 0 Å². The van der Waals surface area contributed by atoms with Gasteiger partial charge in [-0.05, 0) is 44.1 Å². The average Bonchev–Trinajstić information content (AvgIpc) is 3.09. The Morgan fingerprint density at radius 2 is 2.00 bits per heavy atom. The minimum absolute atomic E-state index is 0.0971. The van der Waals surface area contributed by atoms with E-state index < -0.39 is 0 Å². The van der Waals surface area contributed by atoms with E-state index in [1.165, 1.54) is 6.33 Å². The van der Waals surface area contributed by atoms with Crippen molar-refractivity contribution in [1.29, 1.82) is 0 Å². The molecule has 2 N–H and O–H groups in total. The van der Waals surface area contributed by atoms with Gasteiger partial charge < -0.3 is 15.5 Å². The van der Waals surface area contributed by atoms with Crippen LogP contribution in [-0.4, -0.2) is 51.9 Å². The molecule has 3 rings (SSSR count). The zero-order valence-electron chi connectivity index (χ0n) is 14.0. The number of hydrogen-bond acceptors (Lipinski definition) is 4. The third-order valence-electron chi connectivity index (χ3n) is 4.41. The highest BCUT2D eigenvalue weighted by molar-refractivity contribution is 5.74. The van der Waals surface area contributed by atoms with Crippen LogP contribution in [-0.2, 0) is 13.1 Å². The standard InChI is InChI=1S/C17H24N6O/c1-22-8-6-16(7-9-22)21-17(24)19-10-14-4-2-3-5-15(14)11-23-13-18-12-20-23/h2-5,12-13,16H,6-11H2,1H3,(H2,19,21,24). The number of nitrogens with one attached hydrogen (secondary N) is 2. The van der Waals surface area contributed by atoms with E-state index in [1.807, 2.05) is 24.3 Å². The molecule has 2 aromatic rings. The molecule has 1 aromatic carbocycles. The number of piperidine rings is 1. The van der Waals surface area contributed by atoms with E-state index in [0.717, 1.165) is 37.1 Å². The molecule has 0 spiro atoms. The Labute approximate surface area is 142 Å². The van der Waals surface area contributed by atoms with Gasteiger partial charge in [0.2, 0.25) is 0 Å². The predicted molar refractivity (Wildman–Crippen MR) is 91.5 cm³/mol. The Morgan fingerprint density at radius 1 is 1.25 bits per heavy atom. The van der Waals surface area contributed by atoms with E-state index in [-0.39, 0.29) is 12.1 Å². The highest BCUT2D eigenvalue weighted by atomic mass is 16.2. The van der Waals surface area contributed by atoms with Crippen LogP contribution in [0, 0.1) is 0 Å². The van der Waals surface area contributed by atoms with E-state index in [9.17, 15) is 4.79 Å². The normalized spacial score (nSPS) is 16.0. The van der Waals surface area contributed by atoms with Crippen molar-refractivity contribution in [2.24, 2.45) is 0 Å². The molecule has 128 valence electrons. The Morgan fingerprint density at radius 3 is 2.71 bits per heavy atom. The minimum Gasteiger partial charge on any atom is -0.335 e. The lowest BCUT2D eigenvalue weighted by Gasteiger charge is -2.29.